The minimum Gasteiger partial charge on any atom is -0.360 e. The van der Waals surface area contributed by atoms with Crippen LogP contribution in [0.1, 0.15) is 23.4 Å². The Bertz CT molecular complexity index is 640. The van der Waals surface area contributed by atoms with Gasteiger partial charge in [0.2, 0.25) is 11.0 Å². The maximum atomic E-state index is 12.3. The van der Waals surface area contributed by atoms with Gasteiger partial charge in [0, 0.05) is 25.2 Å². The highest BCUT2D eigenvalue weighted by Gasteiger charge is 2.23. The molecule has 2 heterocycles. The molecular formula is C15H18N4OS. The van der Waals surface area contributed by atoms with Crippen LogP contribution in [-0.4, -0.2) is 29.2 Å². The minimum absolute atomic E-state index is 0.204. The SMILES string of the molecule is Cc1nnc(NCCCC(=O)N2CCc3ccccc32)s1. The van der Waals surface area contributed by atoms with E-state index in [1.807, 2.05) is 30.0 Å². The fourth-order valence-corrected chi connectivity index (χ4v) is 3.15. The van der Waals surface area contributed by atoms with Gasteiger partial charge < -0.3 is 10.2 Å². The topological polar surface area (TPSA) is 58.1 Å². The summed E-state index contributed by atoms with van der Waals surface area (Å²) in [6.45, 7) is 3.48. The van der Waals surface area contributed by atoms with Crippen molar-refractivity contribution in [3.05, 3.63) is 34.8 Å². The van der Waals surface area contributed by atoms with E-state index in [-0.39, 0.29) is 5.91 Å². The highest BCUT2D eigenvalue weighted by Crippen LogP contribution is 2.28. The number of rotatable bonds is 5. The first-order valence-electron chi connectivity index (χ1n) is 7.16. The van der Waals surface area contributed by atoms with Crippen molar-refractivity contribution in [3.8, 4) is 0 Å². The van der Waals surface area contributed by atoms with E-state index in [4.69, 9.17) is 0 Å². The number of fused-ring (bicyclic) bond motifs is 1. The Morgan fingerprint density at radius 1 is 1.38 bits per heavy atom. The molecule has 1 aromatic heterocycles. The molecule has 2 aromatic rings. The molecule has 0 bridgehead atoms. The molecule has 1 aliphatic heterocycles. The van der Waals surface area contributed by atoms with Crippen LogP contribution < -0.4 is 10.2 Å². The van der Waals surface area contributed by atoms with Crippen molar-refractivity contribution in [2.45, 2.75) is 26.2 Å². The second kappa shape index (κ2) is 6.22. The van der Waals surface area contributed by atoms with Gasteiger partial charge in [-0.3, -0.25) is 4.79 Å². The molecule has 0 fully saturated rings. The predicted octanol–water partition coefficient (Wildman–Crippen LogP) is 2.63. The quantitative estimate of drug-likeness (QED) is 0.863. The van der Waals surface area contributed by atoms with Crippen LogP contribution in [0.25, 0.3) is 0 Å². The Morgan fingerprint density at radius 2 is 2.24 bits per heavy atom. The second-order valence-corrected chi connectivity index (χ2v) is 6.26. The number of anilines is 2. The number of carbonyl (C=O) groups is 1. The van der Waals surface area contributed by atoms with Crippen molar-refractivity contribution in [3.63, 3.8) is 0 Å². The Hall–Kier alpha value is -1.95. The van der Waals surface area contributed by atoms with E-state index in [1.165, 1.54) is 16.9 Å². The zero-order chi connectivity index (χ0) is 14.7. The number of benzene rings is 1. The van der Waals surface area contributed by atoms with Gasteiger partial charge >= 0.3 is 0 Å². The average Bonchev–Trinajstić information content (AvgIpc) is 3.09. The van der Waals surface area contributed by atoms with Crippen molar-refractivity contribution < 1.29 is 4.79 Å². The first-order valence-corrected chi connectivity index (χ1v) is 7.98. The number of nitrogens with zero attached hydrogens (tertiary/aromatic N) is 3. The third-order valence-electron chi connectivity index (χ3n) is 3.56. The van der Waals surface area contributed by atoms with Crippen LogP contribution >= 0.6 is 11.3 Å². The van der Waals surface area contributed by atoms with Crippen LogP contribution in [0.15, 0.2) is 24.3 Å². The first-order chi connectivity index (χ1) is 10.2. The highest BCUT2D eigenvalue weighted by atomic mass is 32.1. The first kappa shape index (κ1) is 14.0. The summed E-state index contributed by atoms with van der Waals surface area (Å²) in [5.74, 6) is 0.204. The summed E-state index contributed by atoms with van der Waals surface area (Å²) in [6, 6.07) is 8.15. The molecule has 1 aliphatic rings. The van der Waals surface area contributed by atoms with Gasteiger partial charge in [-0.2, -0.15) is 0 Å². The maximum Gasteiger partial charge on any atom is 0.227 e. The van der Waals surface area contributed by atoms with Gasteiger partial charge in [-0.15, -0.1) is 10.2 Å². The van der Waals surface area contributed by atoms with Crippen molar-refractivity contribution >= 4 is 28.1 Å². The van der Waals surface area contributed by atoms with Crippen molar-refractivity contribution in [1.82, 2.24) is 10.2 Å². The summed E-state index contributed by atoms with van der Waals surface area (Å²) in [5, 5.41) is 12.9. The third kappa shape index (κ3) is 3.21. The molecule has 0 radical (unpaired) electrons. The van der Waals surface area contributed by atoms with E-state index in [0.717, 1.165) is 41.8 Å². The van der Waals surface area contributed by atoms with Gasteiger partial charge in [-0.1, -0.05) is 29.5 Å². The van der Waals surface area contributed by atoms with E-state index in [0.29, 0.717) is 6.42 Å². The smallest absolute Gasteiger partial charge is 0.227 e. The molecule has 0 unspecified atom stereocenters. The molecule has 0 aliphatic carbocycles. The Morgan fingerprint density at radius 3 is 3.05 bits per heavy atom. The van der Waals surface area contributed by atoms with Crippen molar-refractivity contribution in [1.29, 1.82) is 0 Å². The van der Waals surface area contributed by atoms with Crippen LogP contribution in [0, 0.1) is 6.92 Å². The summed E-state index contributed by atoms with van der Waals surface area (Å²) in [5.41, 5.74) is 2.35. The van der Waals surface area contributed by atoms with Crippen LogP contribution in [0.4, 0.5) is 10.8 Å². The number of hydrogen-bond acceptors (Lipinski definition) is 5. The van der Waals surface area contributed by atoms with Gasteiger partial charge in [0.1, 0.15) is 5.01 Å². The van der Waals surface area contributed by atoms with Gasteiger partial charge in [0.25, 0.3) is 0 Å². The summed E-state index contributed by atoms with van der Waals surface area (Å²) in [7, 11) is 0. The lowest BCUT2D eigenvalue weighted by Gasteiger charge is -2.17. The molecule has 0 saturated carbocycles. The monoisotopic (exact) mass is 302 g/mol. The fourth-order valence-electron chi connectivity index (χ4n) is 2.54. The summed E-state index contributed by atoms with van der Waals surface area (Å²) < 4.78 is 0. The van der Waals surface area contributed by atoms with Crippen LogP contribution in [0.2, 0.25) is 0 Å². The molecule has 6 heteroatoms. The predicted molar refractivity (Wildman–Crippen MR) is 84.9 cm³/mol. The molecule has 0 spiro atoms. The normalized spacial score (nSPS) is 13.3. The van der Waals surface area contributed by atoms with E-state index >= 15 is 0 Å². The Balaban J connectivity index is 1.47. The van der Waals surface area contributed by atoms with Crippen molar-refractivity contribution in [2.75, 3.05) is 23.3 Å². The number of hydrogen-bond donors (Lipinski definition) is 1. The molecule has 1 aromatic carbocycles. The Labute approximate surface area is 128 Å². The molecule has 5 nitrogen and oxygen atoms in total. The third-order valence-corrected chi connectivity index (χ3v) is 4.35. The highest BCUT2D eigenvalue weighted by molar-refractivity contribution is 7.15. The molecule has 0 atom stereocenters. The van der Waals surface area contributed by atoms with Gasteiger partial charge in [0.05, 0.1) is 0 Å². The molecule has 1 amide bonds. The lowest BCUT2D eigenvalue weighted by Crippen LogP contribution is -2.29. The molecule has 3 rings (SSSR count). The zero-order valence-corrected chi connectivity index (χ0v) is 12.8. The van der Waals surface area contributed by atoms with Gasteiger partial charge in [0.15, 0.2) is 0 Å². The number of aryl methyl sites for hydroxylation is 1. The lowest BCUT2D eigenvalue weighted by atomic mass is 10.2. The van der Waals surface area contributed by atoms with E-state index in [2.05, 4.69) is 21.6 Å². The molecular weight excluding hydrogens is 284 g/mol. The number of amides is 1. The van der Waals surface area contributed by atoms with Gasteiger partial charge in [-0.25, -0.2) is 0 Å². The number of aromatic nitrogens is 2. The maximum absolute atomic E-state index is 12.3. The van der Waals surface area contributed by atoms with Crippen LogP contribution in [0.3, 0.4) is 0 Å². The standard InChI is InChI=1S/C15H18N4OS/c1-11-17-18-15(21-11)16-9-4-7-14(20)19-10-8-12-5-2-3-6-13(12)19/h2-3,5-6H,4,7-10H2,1H3,(H,16,18). The average molecular weight is 302 g/mol. The van der Waals surface area contributed by atoms with Crippen LogP contribution in [0.5, 0.6) is 0 Å². The van der Waals surface area contributed by atoms with Crippen molar-refractivity contribution in [2.24, 2.45) is 0 Å². The largest absolute Gasteiger partial charge is 0.360 e. The van der Waals surface area contributed by atoms with E-state index < -0.39 is 0 Å². The number of carbonyl (C=O) groups excluding carboxylic acids is 1. The number of nitrogens with one attached hydrogen (secondary N) is 1. The summed E-state index contributed by atoms with van der Waals surface area (Å²) in [6.07, 6.45) is 2.32. The fraction of sp³-hybridized carbons (Fsp3) is 0.400. The molecule has 21 heavy (non-hydrogen) atoms. The second-order valence-electron chi connectivity index (χ2n) is 5.08. The van der Waals surface area contributed by atoms with E-state index in [9.17, 15) is 4.79 Å². The zero-order valence-electron chi connectivity index (χ0n) is 12.0. The van der Waals surface area contributed by atoms with Gasteiger partial charge in [-0.05, 0) is 31.4 Å². The molecule has 0 saturated heterocycles. The summed E-state index contributed by atoms with van der Waals surface area (Å²) >= 11 is 1.53. The summed E-state index contributed by atoms with van der Waals surface area (Å²) in [4.78, 5) is 14.2. The Kier molecular flexibility index (Phi) is 4.15. The minimum atomic E-state index is 0.204. The lowest BCUT2D eigenvalue weighted by molar-refractivity contribution is -0.118. The molecule has 1 N–H and O–H groups in total. The van der Waals surface area contributed by atoms with E-state index in [1.54, 1.807) is 0 Å². The molecule has 110 valence electrons. The number of para-hydroxylation sites is 1. The van der Waals surface area contributed by atoms with Crippen LogP contribution in [-0.2, 0) is 11.2 Å².